The van der Waals surface area contributed by atoms with E-state index in [0.717, 1.165) is 40.1 Å². The van der Waals surface area contributed by atoms with E-state index in [-0.39, 0.29) is 11.9 Å². The lowest BCUT2D eigenvalue weighted by molar-refractivity contribution is 0.0941. The van der Waals surface area contributed by atoms with Crippen LogP contribution in [0.5, 0.6) is 0 Å². The lowest BCUT2D eigenvalue weighted by Crippen LogP contribution is -2.34. The highest BCUT2D eigenvalue weighted by Crippen LogP contribution is 2.25. The molecule has 1 amide bonds. The van der Waals surface area contributed by atoms with Crippen LogP contribution in [0.25, 0.3) is 22.3 Å². The summed E-state index contributed by atoms with van der Waals surface area (Å²) in [6.07, 6.45) is 2.46. The van der Waals surface area contributed by atoms with E-state index < -0.39 is 0 Å². The predicted octanol–water partition coefficient (Wildman–Crippen LogP) is 3.35. The van der Waals surface area contributed by atoms with Crippen molar-refractivity contribution in [3.05, 3.63) is 65.1 Å². The third-order valence-electron chi connectivity index (χ3n) is 5.59. The molecule has 4 rings (SSSR count). The van der Waals surface area contributed by atoms with Gasteiger partial charge in [-0.1, -0.05) is 18.2 Å². The van der Waals surface area contributed by atoms with Gasteiger partial charge in [-0.3, -0.25) is 14.2 Å². The topological polar surface area (TPSA) is 77.6 Å². The van der Waals surface area contributed by atoms with E-state index in [1.807, 2.05) is 69.0 Å². The largest absolute Gasteiger partial charge is 0.349 e. The summed E-state index contributed by atoms with van der Waals surface area (Å²) in [5.74, 6) is -0.108. The van der Waals surface area contributed by atoms with E-state index in [1.165, 1.54) is 5.56 Å². The second kappa shape index (κ2) is 7.74. The number of aromatic nitrogens is 5. The summed E-state index contributed by atoms with van der Waals surface area (Å²) >= 11 is 0. The van der Waals surface area contributed by atoms with Gasteiger partial charge in [0.05, 0.1) is 28.2 Å². The normalized spacial score (nSPS) is 12.3. The minimum absolute atomic E-state index is 0.0359. The molecule has 0 fully saturated rings. The van der Waals surface area contributed by atoms with Gasteiger partial charge < -0.3 is 5.32 Å². The Bertz CT molecular complexity index is 1240. The van der Waals surface area contributed by atoms with Gasteiger partial charge in [0.25, 0.3) is 5.91 Å². The molecule has 1 N–H and O–H groups in total. The Morgan fingerprint density at radius 2 is 1.90 bits per heavy atom. The molecule has 0 spiro atoms. The molecule has 3 heterocycles. The zero-order chi connectivity index (χ0) is 21.4. The SMILES string of the molecule is Cc1nn(C)c(C)c1C[C@@H](C)NC(=O)c1cc(-c2ccnn2C)nc2ccccc12. The lowest BCUT2D eigenvalue weighted by atomic mass is 10.0. The van der Waals surface area contributed by atoms with Gasteiger partial charge in [-0.2, -0.15) is 10.2 Å². The molecule has 30 heavy (non-hydrogen) atoms. The van der Waals surface area contributed by atoms with Crippen molar-refractivity contribution < 1.29 is 4.79 Å². The smallest absolute Gasteiger partial charge is 0.252 e. The molecule has 0 aliphatic rings. The van der Waals surface area contributed by atoms with E-state index >= 15 is 0 Å². The molecule has 0 aliphatic heterocycles. The Morgan fingerprint density at radius 3 is 2.57 bits per heavy atom. The second-order valence-corrected chi connectivity index (χ2v) is 7.76. The summed E-state index contributed by atoms with van der Waals surface area (Å²) in [4.78, 5) is 18.0. The molecule has 154 valence electrons. The number of hydrogen-bond donors (Lipinski definition) is 1. The fraction of sp³-hybridized carbons (Fsp3) is 0.304. The van der Waals surface area contributed by atoms with E-state index in [1.54, 1.807) is 10.9 Å². The van der Waals surface area contributed by atoms with Crippen molar-refractivity contribution in [1.29, 1.82) is 0 Å². The molecule has 0 radical (unpaired) electrons. The molecule has 0 bridgehead atoms. The highest BCUT2D eigenvalue weighted by atomic mass is 16.1. The number of para-hydroxylation sites is 1. The molecule has 7 nitrogen and oxygen atoms in total. The van der Waals surface area contributed by atoms with Crippen LogP contribution in [0.4, 0.5) is 0 Å². The van der Waals surface area contributed by atoms with E-state index in [9.17, 15) is 4.79 Å². The number of nitrogens with one attached hydrogen (secondary N) is 1. The molecule has 0 saturated carbocycles. The van der Waals surface area contributed by atoms with Crippen LogP contribution < -0.4 is 5.32 Å². The fourth-order valence-electron chi connectivity index (χ4n) is 3.89. The van der Waals surface area contributed by atoms with Crippen molar-refractivity contribution >= 4 is 16.8 Å². The standard InChI is InChI=1S/C23H26N6O/c1-14(12-18-15(2)27-28(4)16(18)3)25-23(30)19-13-21(22-10-11-24-29(22)5)26-20-9-7-6-8-17(19)20/h6-11,13-14H,12H2,1-5H3,(H,25,30)/t14-/m1/s1. The highest BCUT2D eigenvalue weighted by molar-refractivity contribution is 6.07. The van der Waals surface area contributed by atoms with Gasteiger partial charge in [0, 0.05) is 37.4 Å². The maximum atomic E-state index is 13.3. The maximum Gasteiger partial charge on any atom is 0.252 e. The van der Waals surface area contributed by atoms with E-state index in [4.69, 9.17) is 4.98 Å². The monoisotopic (exact) mass is 402 g/mol. The van der Waals surface area contributed by atoms with Crippen LogP contribution in [0.2, 0.25) is 0 Å². The second-order valence-electron chi connectivity index (χ2n) is 7.76. The third kappa shape index (κ3) is 3.58. The summed E-state index contributed by atoms with van der Waals surface area (Å²) in [7, 11) is 3.81. The zero-order valence-corrected chi connectivity index (χ0v) is 18.0. The van der Waals surface area contributed by atoms with Crippen molar-refractivity contribution in [3.8, 4) is 11.4 Å². The zero-order valence-electron chi connectivity index (χ0n) is 18.0. The Kier molecular flexibility index (Phi) is 5.11. The number of carbonyl (C=O) groups excluding carboxylic acids is 1. The van der Waals surface area contributed by atoms with E-state index in [2.05, 4.69) is 22.4 Å². The van der Waals surface area contributed by atoms with Gasteiger partial charge in [0.2, 0.25) is 0 Å². The Hall–Kier alpha value is -3.48. The van der Waals surface area contributed by atoms with Crippen LogP contribution in [-0.4, -0.2) is 36.5 Å². The van der Waals surface area contributed by atoms with Crippen LogP contribution in [0.3, 0.4) is 0 Å². The van der Waals surface area contributed by atoms with Gasteiger partial charge in [-0.15, -0.1) is 0 Å². The first kappa shape index (κ1) is 19.8. The minimum atomic E-state index is -0.108. The van der Waals surface area contributed by atoms with Gasteiger partial charge in [-0.05, 0) is 51.0 Å². The number of aryl methyl sites for hydroxylation is 3. The summed E-state index contributed by atoms with van der Waals surface area (Å²) in [5, 5.41) is 12.7. The number of pyridine rings is 1. The van der Waals surface area contributed by atoms with Crippen molar-refractivity contribution in [2.24, 2.45) is 14.1 Å². The van der Waals surface area contributed by atoms with Gasteiger partial charge in [-0.25, -0.2) is 4.98 Å². The van der Waals surface area contributed by atoms with Crippen molar-refractivity contribution in [3.63, 3.8) is 0 Å². The molecule has 0 saturated heterocycles. The van der Waals surface area contributed by atoms with Crippen LogP contribution in [0.1, 0.15) is 34.2 Å². The van der Waals surface area contributed by atoms with Crippen LogP contribution in [0, 0.1) is 13.8 Å². The Balaban J connectivity index is 1.66. The average Bonchev–Trinajstić information content (AvgIpc) is 3.25. The summed E-state index contributed by atoms with van der Waals surface area (Å²) in [6, 6.07) is 11.4. The summed E-state index contributed by atoms with van der Waals surface area (Å²) in [5.41, 5.74) is 6.30. The van der Waals surface area contributed by atoms with Crippen LogP contribution in [-0.2, 0) is 20.5 Å². The maximum absolute atomic E-state index is 13.3. The Labute approximate surface area is 175 Å². The first-order chi connectivity index (χ1) is 14.3. The fourth-order valence-corrected chi connectivity index (χ4v) is 3.89. The molecule has 7 heteroatoms. The molecule has 4 aromatic rings. The van der Waals surface area contributed by atoms with Crippen LogP contribution >= 0.6 is 0 Å². The first-order valence-corrected chi connectivity index (χ1v) is 10.0. The highest BCUT2D eigenvalue weighted by Gasteiger charge is 2.19. The molecule has 1 aromatic carbocycles. The molecule has 3 aromatic heterocycles. The number of rotatable bonds is 5. The number of hydrogen-bond acceptors (Lipinski definition) is 4. The molecular formula is C23H26N6O. The van der Waals surface area contributed by atoms with Crippen molar-refractivity contribution in [1.82, 2.24) is 29.9 Å². The number of benzene rings is 1. The van der Waals surface area contributed by atoms with Gasteiger partial charge in [0.1, 0.15) is 0 Å². The number of nitrogens with zero attached hydrogens (tertiary/aromatic N) is 5. The summed E-state index contributed by atoms with van der Waals surface area (Å²) in [6.45, 7) is 6.09. The van der Waals surface area contributed by atoms with Crippen LogP contribution in [0.15, 0.2) is 42.6 Å². The first-order valence-electron chi connectivity index (χ1n) is 10.0. The van der Waals surface area contributed by atoms with E-state index in [0.29, 0.717) is 5.56 Å². The summed E-state index contributed by atoms with van der Waals surface area (Å²) < 4.78 is 3.64. The minimum Gasteiger partial charge on any atom is -0.349 e. The number of fused-ring (bicyclic) bond motifs is 1. The van der Waals surface area contributed by atoms with Gasteiger partial charge in [0.15, 0.2) is 0 Å². The quantitative estimate of drug-likeness (QED) is 0.555. The molecule has 0 unspecified atom stereocenters. The number of carbonyl (C=O) groups is 1. The Morgan fingerprint density at radius 1 is 1.13 bits per heavy atom. The molecule has 1 atom stereocenters. The average molecular weight is 403 g/mol. The lowest BCUT2D eigenvalue weighted by Gasteiger charge is -2.16. The number of amides is 1. The molecule has 0 aliphatic carbocycles. The van der Waals surface area contributed by atoms with Gasteiger partial charge >= 0.3 is 0 Å². The van der Waals surface area contributed by atoms with Crippen molar-refractivity contribution in [2.45, 2.75) is 33.2 Å². The third-order valence-corrected chi connectivity index (χ3v) is 5.59. The predicted molar refractivity (Wildman–Crippen MR) is 117 cm³/mol. The molecular weight excluding hydrogens is 376 g/mol. The van der Waals surface area contributed by atoms with Crippen molar-refractivity contribution in [2.75, 3.05) is 0 Å².